The van der Waals surface area contributed by atoms with Crippen LogP contribution in [0.15, 0.2) is 30.5 Å². The van der Waals surface area contributed by atoms with Crippen LogP contribution in [-0.4, -0.2) is 53.9 Å². The maximum atomic E-state index is 13.5. The number of rotatable bonds is 3. The third-order valence-corrected chi connectivity index (χ3v) is 6.86. The fraction of sp³-hybridized carbons (Fsp3) is 0.583. The van der Waals surface area contributed by atoms with Crippen molar-refractivity contribution < 1.29 is 18.0 Å². The van der Waals surface area contributed by atoms with Crippen molar-refractivity contribution in [3.05, 3.63) is 41.6 Å². The molecule has 7 heteroatoms. The molecule has 168 valence electrons. The lowest BCUT2D eigenvalue weighted by Gasteiger charge is -2.38. The smallest absolute Gasteiger partial charge is 0.342 e. The number of likely N-dealkylation sites (tertiary alicyclic amines) is 2. The Morgan fingerprint density at radius 3 is 2.61 bits per heavy atom. The van der Waals surface area contributed by atoms with Gasteiger partial charge < -0.3 is 9.80 Å². The number of hydrogen-bond acceptors (Lipinski definition) is 3. The van der Waals surface area contributed by atoms with Gasteiger partial charge >= 0.3 is 6.18 Å². The van der Waals surface area contributed by atoms with E-state index in [0.717, 1.165) is 50.5 Å². The van der Waals surface area contributed by atoms with Gasteiger partial charge in [-0.1, -0.05) is 19.1 Å². The summed E-state index contributed by atoms with van der Waals surface area (Å²) in [4.78, 5) is 21.4. The van der Waals surface area contributed by atoms with Gasteiger partial charge in [0.2, 0.25) is 5.91 Å². The van der Waals surface area contributed by atoms with Crippen molar-refractivity contribution in [1.29, 1.82) is 0 Å². The molecule has 2 aliphatic rings. The van der Waals surface area contributed by atoms with Crippen LogP contribution in [0.1, 0.15) is 49.7 Å². The van der Waals surface area contributed by atoms with E-state index in [0.29, 0.717) is 30.2 Å². The molecule has 2 aromatic rings. The molecule has 4 rings (SSSR count). The van der Waals surface area contributed by atoms with Crippen LogP contribution in [0.25, 0.3) is 10.9 Å². The van der Waals surface area contributed by atoms with Crippen molar-refractivity contribution in [1.82, 2.24) is 14.8 Å². The molecule has 0 unspecified atom stereocenters. The van der Waals surface area contributed by atoms with Gasteiger partial charge in [-0.2, -0.15) is 13.2 Å². The number of halogens is 3. The molecule has 2 aliphatic heterocycles. The Labute approximate surface area is 181 Å². The Morgan fingerprint density at radius 1 is 1.16 bits per heavy atom. The quantitative estimate of drug-likeness (QED) is 0.688. The molecule has 0 N–H and O–H groups in total. The molecule has 1 aromatic heterocycles. The number of fused-ring (bicyclic) bond motifs is 1. The number of carbonyl (C=O) groups excluding carboxylic acids is 1. The first-order valence-electron chi connectivity index (χ1n) is 11.1. The zero-order valence-corrected chi connectivity index (χ0v) is 18.2. The van der Waals surface area contributed by atoms with E-state index in [4.69, 9.17) is 0 Å². The predicted molar refractivity (Wildman–Crippen MR) is 115 cm³/mol. The topological polar surface area (TPSA) is 36.4 Å². The van der Waals surface area contributed by atoms with Gasteiger partial charge in [0, 0.05) is 37.0 Å². The molecule has 0 bridgehead atoms. The Bertz CT molecular complexity index is 937. The molecule has 2 saturated heterocycles. The molecule has 0 radical (unpaired) electrons. The minimum absolute atomic E-state index is 0.00470. The maximum Gasteiger partial charge on any atom is 0.418 e. The van der Waals surface area contributed by atoms with E-state index in [1.807, 2.05) is 4.90 Å². The normalized spacial score (nSPS) is 24.0. The summed E-state index contributed by atoms with van der Waals surface area (Å²) in [5, 5.41) is 0.541. The highest BCUT2D eigenvalue weighted by Crippen LogP contribution is 2.39. The van der Waals surface area contributed by atoms with E-state index in [2.05, 4.69) is 23.9 Å². The number of alkyl halides is 3. The summed E-state index contributed by atoms with van der Waals surface area (Å²) in [6.45, 7) is 5.46. The van der Waals surface area contributed by atoms with E-state index in [1.54, 1.807) is 18.2 Å². The Hall–Kier alpha value is -2.15. The first kappa shape index (κ1) is 22.1. The maximum absolute atomic E-state index is 13.5. The average Bonchev–Trinajstić information content (AvgIpc) is 2.73. The van der Waals surface area contributed by atoms with Crippen molar-refractivity contribution in [2.75, 3.05) is 33.2 Å². The second-order valence-corrected chi connectivity index (χ2v) is 9.39. The predicted octanol–water partition coefficient (Wildman–Crippen LogP) is 4.94. The van der Waals surface area contributed by atoms with Crippen LogP contribution in [0, 0.1) is 11.8 Å². The molecule has 1 aromatic carbocycles. The number of piperidine rings is 2. The summed E-state index contributed by atoms with van der Waals surface area (Å²) < 4.78 is 40.4. The van der Waals surface area contributed by atoms with Crippen LogP contribution >= 0.6 is 0 Å². The van der Waals surface area contributed by atoms with Crippen LogP contribution in [-0.2, 0) is 11.0 Å². The molecular weight excluding hydrogens is 403 g/mol. The van der Waals surface area contributed by atoms with Crippen molar-refractivity contribution in [3.63, 3.8) is 0 Å². The summed E-state index contributed by atoms with van der Waals surface area (Å²) in [5.74, 6) is 0.921. The fourth-order valence-electron chi connectivity index (χ4n) is 5.20. The van der Waals surface area contributed by atoms with Gasteiger partial charge in [0.1, 0.15) is 0 Å². The van der Waals surface area contributed by atoms with Crippen molar-refractivity contribution in [2.45, 2.75) is 44.7 Å². The lowest BCUT2D eigenvalue weighted by atomic mass is 9.82. The number of hydrogen-bond donors (Lipinski definition) is 0. The lowest BCUT2D eigenvalue weighted by molar-refractivity contribution is -0.136. The minimum atomic E-state index is -4.44. The van der Waals surface area contributed by atoms with Crippen LogP contribution < -0.4 is 0 Å². The lowest BCUT2D eigenvalue weighted by Crippen LogP contribution is -2.43. The van der Waals surface area contributed by atoms with Gasteiger partial charge in [0.15, 0.2) is 0 Å². The fourth-order valence-corrected chi connectivity index (χ4v) is 5.20. The van der Waals surface area contributed by atoms with Crippen LogP contribution in [0.3, 0.4) is 0 Å². The van der Waals surface area contributed by atoms with Gasteiger partial charge in [-0.05, 0) is 68.9 Å². The second kappa shape index (κ2) is 8.77. The summed E-state index contributed by atoms with van der Waals surface area (Å²) in [6, 6.07) is 6.14. The minimum Gasteiger partial charge on any atom is -0.342 e. The highest BCUT2D eigenvalue weighted by atomic mass is 19.4. The Kier molecular flexibility index (Phi) is 6.24. The number of carbonyl (C=O) groups is 1. The molecule has 0 spiro atoms. The molecule has 2 fully saturated rings. The molecule has 3 heterocycles. The van der Waals surface area contributed by atoms with Crippen molar-refractivity contribution >= 4 is 16.8 Å². The summed E-state index contributed by atoms with van der Waals surface area (Å²) in [6.07, 6.45) is 0.480. The summed E-state index contributed by atoms with van der Waals surface area (Å²) in [5.41, 5.74) is 0.153. The van der Waals surface area contributed by atoms with Gasteiger partial charge in [-0.3, -0.25) is 9.78 Å². The molecule has 0 aliphatic carbocycles. The van der Waals surface area contributed by atoms with Gasteiger partial charge in [-0.25, -0.2) is 0 Å². The molecule has 2 atom stereocenters. The second-order valence-electron chi connectivity index (χ2n) is 9.39. The molecule has 4 nitrogen and oxygen atoms in total. The van der Waals surface area contributed by atoms with Crippen LogP contribution in [0.4, 0.5) is 13.2 Å². The molecular formula is C24H30F3N3O. The zero-order valence-electron chi connectivity index (χ0n) is 18.2. The van der Waals surface area contributed by atoms with Gasteiger partial charge in [0.05, 0.1) is 11.1 Å². The van der Waals surface area contributed by atoms with Crippen molar-refractivity contribution in [2.24, 2.45) is 11.8 Å². The highest BCUT2D eigenvalue weighted by Gasteiger charge is 2.36. The van der Waals surface area contributed by atoms with E-state index >= 15 is 0 Å². The molecule has 1 amide bonds. The number of pyridine rings is 1. The first-order valence-corrected chi connectivity index (χ1v) is 11.1. The van der Waals surface area contributed by atoms with E-state index in [-0.39, 0.29) is 17.3 Å². The highest BCUT2D eigenvalue weighted by molar-refractivity contribution is 5.86. The largest absolute Gasteiger partial charge is 0.418 e. The Morgan fingerprint density at radius 2 is 1.90 bits per heavy atom. The number of amides is 1. The van der Waals surface area contributed by atoms with E-state index in [9.17, 15) is 18.0 Å². The zero-order chi connectivity index (χ0) is 22.2. The number of benzene rings is 1. The summed E-state index contributed by atoms with van der Waals surface area (Å²) >= 11 is 0. The van der Waals surface area contributed by atoms with Crippen LogP contribution in [0.5, 0.6) is 0 Å². The van der Waals surface area contributed by atoms with E-state index < -0.39 is 11.7 Å². The van der Waals surface area contributed by atoms with Crippen molar-refractivity contribution in [3.8, 4) is 0 Å². The summed E-state index contributed by atoms with van der Waals surface area (Å²) in [7, 11) is 2.11. The third-order valence-electron chi connectivity index (χ3n) is 6.86. The standard InChI is InChI=1S/C24H30F3N3O/c1-16-12-18(15-30(14-16)22(31)13-17-7-10-29(2)11-8-17)19-5-6-21(24(25,26)27)23-20(19)4-3-9-28-23/h3-6,9,16-18H,7-8,10-15H2,1-2H3/t16-,18+/m0/s1. The van der Waals surface area contributed by atoms with Gasteiger partial charge in [-0.15, -0.1) is 0 Å². The van der Waals surface area contributed by atoms with Gasteiger partial charge in [0.25, 0.3) is 0 Å². The third kappa shape index (κ3) is 4.86. The number of nitrogens with zero attached hydrogens (tertiary/aromatic N) is 3. The monoisotopic (exact) mass is 433 g/mol. The molecule has 0 saturated carbocycles. The Balaban J connectivity index is 1.56. The average molecular weight is 434 g/mol. The SMILES string of the molecule is C[C@H]1C[C@@H](c2ccc(C(F)(F)F)c3ncccc23)CN(C(=O)CC2CCN(C)CC2)C1. The first-order chi connectivity index (χ1) is 14.7. The van der Waals surface area contributed by atoms with E-state index in [1.165, 1.54) is 6.20 Å². The molecule has 31 heavy (non-hydrogen) atoms. The number of aromatic nitrogens is 1. The van der Waals surface area contributed by atoms with Crippen LogP contribution in [0.2, 0.25) is 0 Å².